The summed E-state index contributed by atoms with van der Waals surface area (Å²) in [5.41, 5.74) is 1.18. The molecule has 1 fully saturated rings. The van der Waals surface area contributed by atoms with Crippen LogP contribution in [0.4, 0.5) is 4.79 Å². The average Bonchev–Trinajstić information content (AvgIpc) is 2.53. The van der Waals surface area contributed by atoms with Crippen molar-refractivity contribution in [1.29, 1.82) is 0 Å². The van der Waals surface area contributed by atoms with E-state index in [0.717, 1.165) is 19.3 Å². The molecule has 1 aliphatic rings. The van der Waals surface area contributed by atoms with Crippen molar-refractivity contribution < 1.29 is 14.3 Å². The molecule has 1 atom stereocenters. The van der Waals surface area contributed by atoms with E-state index in [4.69, 9.17) is 4.74 Å². The molecular formula is C18H25NO3. The fourth-order valence-electron chi connectivity index (χ4n) is 2.80. The van der Waals surface area contributed by atoms with Crippen molar-refractivity contribution in [2.45, 2.75) is 45.6 Å². The summed E-state index contributed by atoms with van der Waals surface area (Å²) in [4.78, 5) is 26.0. The number of hydrogen-bond acceptors (Lipinski definition) is 3. The third kappa shape index (κ3) is 4.86. The third-order valence-electron chi connectivity index (χ3n) is 3.97. The number of aryl methyl sites for hydroxylation is 1. The van der Waals surface area contributed by atoms with Crippen LogP contribution in [0.5, 0.6) is 0 Å². The summed E-state index contributed by atoms with van der Waals surface area (Å²) < 4.78 is 5.22. The van der Waals surface area contributed by atoms with Crippen molar-refractivity contribution in [1.82, 2.24) is 4.90 Å². The Balaban J connectivity index is 1.83. The summed E-state index contributed by atoms with van der Waals surface area (Å²) in [5.74, 6) is 0.211. The van der Waals surface area contributed by atoms with Gasteiger partial charge in [0.15, 0.2) is 0 Å². The number of hydrogen-bond donors (Lipinski definition) is 0. The first-order valence-electron chi connectivity index (χ1n) is 8.08. The van der Waals surface area contributed by atoms with E-state index in [1.54, 1.807) is 4.90 Å². The summed E-state index contributed by atoms with van der Waals surface area (Å²) >= 11 is 0. The highest BCUT2D eigenvalue weighted by Gasteiger charge is 2.29. The number of nitrogens with zero attached hydrogens (tertiary/aromatic N) is 1. The van der Waals surface area contributed by atoms with Crippen LogP contribution < -0.4 is 0 Å². The maximum atomic E-state index is 12.4. The van der Waals surface area contributed by atoms with Crippen LogP contribution >= 0.6 is 0 Å². The molecule has 4 heteroatoms. The van der Waals surface area contributed by atoms with Gasteiger partial charge in [0.05, 0.1) is 6.10 Å². The van der Waals surface area contributed by atoms with Gasteiger partial charge in [0.2, 0.25) is 0 Å². The van der Waals surface area contributed by atoms with Gasteiger partial charge in [-0.25, -0.2) is 4.79 Å². The van der Waals surface area contributed by atoms with E-state index in [1.165, 1.54) is 5.56 Å². The topological polar surface area (TPSA) is 46.6 Å². The van der Waals surface area contributed by atoms with Gasteiger partial charge in [-0.1, -0.05) is 30.3 Å². The number of amides is 1. The molecule has 0 spiro atoms. The van der Waals surface area contributed by atoms with Crippen molar-refractivity contribution in [3.05, 3.63) is 35.9 Å². The number of ether oxygens (including phenoxy) is 1. The van der Waals surface area contributed by atoms with E-state index in [9.17, 15) is 9.59 Å². The van der Waals surface area contributed by atoms with Crippen molar-refractivity contribution in [3.8, 4) is 0 Å². The predicted molar refractivity (Wildman–Crippen MR) is 85.7 cm³/mol. The van der Waals surface area contributed by atoms with Crippen LogP contribution in [-0.2, 0) is 16.0 Å². The fourth-order valence-corrected chi connectivity index (χ4v) is 2.80. The first-order valence-corrected chi connectivity index (χ1v) is 8.08. The Hall–Kier alpha value is -1.84. The number of carbonyl (C=O) groups excluding carboxylic acids is 2. The lowest BCUT2D eigenvalue weighted by atomic mass is 9.91. The molecule has 0 unspecified atom stereocenters. The minimum atomic E-state index is -0.296. The molecule has 0 bridgehead atoms. The Bertz CT molecular complexity index is 498. The molecular weight excluding hydrogens is 278 g/mol. The average molecular weight is 303 g/mol. The van der Waals surface area contributed by atoms with Gasteiger partial charge in [0.1, 0.15) is 5.78 Å². The minimum absolute atomic E-state index is 0.0443. The Labute approximate surface area is 132 Å². The molecule has 0 saturated carbocycles. The van der Waals surface area contributed by atoms with Crippen molar-refractivity contribution >= 4 is 11.9 Å². The number of piperidine rings is 1. The molecule has 0 radical (unpaired) electrons. The molecule has 0 N–H and O–H groups in total. The molecule has 22 heavy (non-hydrogen) atoms. The van der Waals surface area contributed by atoms with Gasteiger partial charge in [0.25, 0.3) is 0 Å². The molecule has 4 nitrogen and oxygen atoms in total. The number of likely N-dealkylation sites (tertiary alicyclic amines) is 1. The lowest BCUT2D eigenvalue weighted by Crippen LogP contribution is -2.43. The second kappa shape index (κ2) is 7.97. The van der Waals surface area contributed by atoms with Crippen LogP contribution in [0.25, 0.3) is 0 Å². The standard InChI is InChI=1S/C18H25NO3/c1-14(2)22-18(21)19-12-6-9-16(13-19)17(20)11-10-15-7-4-3-5-8-15/h3-5,7-8,14,16H,6,9-13H2,1-2H3/t16-/m1/s1. The first kappa shape index (κ1) is 16.5. The van der Waals surface area contributed by atoms with Gasteiger partial charge < -0.3 is 9.64 Å². The third-order valence-corrected chi connectivity index (χ3v) is 3.97. The summed E-state index contributed by atoms with van der Waals surface area (Å²) in [5, 5.41) is 0. The second-order valence-corrected chi connectivity index (χ2v) is 6.17. The molecule has 120 valence electrons. The van der Waals surface area contributed by atoms with E-state index in [0.29, 0.717) is 19.5 Å². The van der Waals surface area contributed by atoms with E-state index < -0.39 is 0 Å². The van der Waals surface area contributed by atoms with Gasteiger partial charge in [-0.2, -0.15) is 0 Å². The van der Waals surface area contributed by atoms with Gasteiger partial charge in [-0.05, 0) is 38.7 Å². The van der Waals surface area contributed by atoms with Crippen molar-refractivity contribution in [2.24, 2.45) is 5.92 Å². The van der Waals surface area contributed by atoms with Crippen LogP contribution in [0.2, 0.25) is 0 Å². The summed E-state index contributed by atoms with van der Waals surface area (Å²) in [7, 11) is 0. The molecule has 0 aromatic heterocycles. The quantitative estimate of drug-likeness (QED) is 0.837. The number of carbonyl (C=O) groups is 2. The van der Waals surface area contributed by atoms with Crippen LogP contribution in [-0.4, -0.2) is 36.0 Å². The highest BCUT2D eigenvalue weighted by molar-refractivity contribution is 5.82. The summed E-state index contributed by atoms with van der Waals surface area (Å²) in [6.07, 6.45) is 2.64. The number of Topliss-reactive ketones (excluding diaryl/α,β-unsaturated/α-hetero) is 1. The molecule has 1 aromatic carbocycles. The highest BCUT2D eigenvalue weighted by Crippen LogP contribution is 2.20. The predicted octanol–water partition coefficient (Wildman–Crippen LogP) is 3.45. The van der Waals surface area contributed by atoms with Crippen LogP contribution in [0.1, 0.15) is 38.7 Å². The van der Waals surface area contributed by atoms with Crippen LogP contribution in [0.15, 0.2) is 30.3 Å². The van der Waals surface area contributed by atoms with Crippen molar-refractivity contribution in [2.75, 3.05) is 13.1 Å². The normalized spacial score (nSPS) is 18.3. The Morgan fingerprint density at radius 2 is 2.00 bits per heavy atom. The van der Waals surface area contributed by atoms with Gasteiger partial charge in [-0.3, -0.25) is 4.79 Å². The monoisotopic (exact) mass is 303 g/mol. The Morgan fingerprint density at radius 1 is 1.27 bits per heavy atom. The fraction of sp³-hybridized carbons (Fsp3) is 0.556. The van der Waals surface area contributed by atoms with Crippen LogP contribution in [0.3, 0.4) is 0 Å². The zero-order valence-electron chi connectivity index (χ0n) is 13.5. The molecule has 1 saturated heterocycles. The zero-order valence-corrected chi connectivity index (χ0v) is 13.5. The summed E-state index contributed by atoms with van der Waals surface area (Å²) in [6, 6.07) is 10.0. The lowest BCUT2D eigenvalue weighted by Gasteiger charge is -2.31. The lowest BCUT2D eigenvalue weighted by molar-refractivity contribution is -0.124. The Morgan fingerprint density at radius 3 is 2.68 bits per heavy atom. The maximum Gasteiger partial charge on any atom is 0.410 e. The Kier molecular flexibility index (Phi) is 5.99. The smallest absolute Gasteiger partial charge is 0.410 e. The van der Waals surface area contributed by atoms with E-state index in [2.05, 4.69) is 0 Å². The van der Waals surface area contributed by atoms with Crippen LogP contribution in [0, 0.1) is 5.92 Å². The summed E-state index contributed by atoms with van der Waals surface area (Å²) in [6.45, 7) is 4.86. The number of benzene rings is 1. The van der Waals surface area contributed by atoms with E-state index in [1.807, 2.05) is 44.2 Å². The molecule has 1 aromatic rings. The molecule has 1 aliphatic heterocycles. The number of rotatable bonds is 5. The molecule has 2 rings (SSSR count). The minimum Gasteiger partial charge on any atom is -0.447 e. The highest BCUT2D eigenvalue weighted by atomic mass is 16.6. The van der Waals surface area contributed by atoms with Crippen molar-refractivity contribution in [3.63, 3.8) is 0 Å². The van der Waals surface area contributed by atoms with E-state index in [-0.39, 0.29) is 23.9 Å². The molecule has 1 heterocycles. The zero-order chi connectivity index (χ0) is 15.9. The molecule has 1 amide bonds. The maximum absolute atomic E-state index is 12.4. The van der Waals surface area contributed by atoms with E-state index >= 15 is 0 Å². The SMILES string of the molecule is CC(C)OC(=O)N1CCC[C@@H](C(=O)CCc2ccccc2)C1. The number of ketones is 1. The largest absolute Gasteiger partial charge is 0.447 e. The first-order chi connectivity index (χ1) is 10.6. The van der Waals surface area contributed by atoms with Gasteiger partial charge in [-0.15, -0.1) is 0 Å². The van der Waals surface area contributed by atoms with Gasteiger partial charge in [0, 0.05) is 25.4 Å². The second-order valence-electron chi connectivity index (χ2n) is 6.17. The molecule has 0 aliphatic carbocycles. The van der Waals surface area contributed by atoms with Gasteiger partial charge >= 0.3 is 6.09 Å².